The number of halogens is 1. The Balaban J connectivity index is 2.08. The summed E-state index contributed by atoms with van der Waals surface area (Å²) in [6.45, 7) is 4.82. The fraction of sp³-hybridized carbons (Fsp3) is 0.200. The average molecular weight is 446 g/mol. The molecule has 0 unspecified atom stereocenters. The normalized spacial score (nSPS) is 11.1. The minimum absolute atomic E-state index is 0.0507. The summed E-state index contributed by atoms with van der Waals surface area (Å²) < 4.78 is 6.63. The van der Waals surface area contributed by atoms with Crippen LogP contribution in [0.25, 0.3) is 6.08 Å². The second-order valence-electron chi connectivity index (χ2n) is 5.91. The van der Waals surface area contributed by atoms with Crippen LogP contribution >= 0.6 is 22.6 Å². The fourth-order valence-corrected chi connectivity index (χ4v) is 2.55. The highest BCUT2D eigenvalue weighted by molar-refractivity contribution is 14.1. The van der Waals surface area contributed by atoms with Crippen molar-refractivity contribution in [2.45, 2.75) is 13.8 Å². The maximum absolute atomic E-state index is 12.3. The van der Waals surface area contributed by atoms with E-state index in [0.29, 0.717) is 18.2 Å². The molecule has 1 N–H and O–H groups in total. The third-order valence-corrected chi connectivity index (χ3v) is 3.89. The van der Waals surface area contributed by atoms with Crippen molar-refractivity contribution in [3.05, 3.63) is 63.2 Å². The van der Waals surface area contributed by atoms with Crippen LogP contribution in [0.1, 0.15) is 19.4 Å². The van der Waals surface area contributed by atoms with Gasteiger partial charge in [0.25, 0.3) is 5.91 Å². The molecule has 0 bridgehead atoms. The lowest BCUT2D eigenvalue weighted by Gasteiger charge is -2.08. The van der Waals surface area contributed by atoms with E-state index >= 15 is 0 Å². The predicted octanol–water partition coefficient (Wildman–Crippen LogP) is 4.87. The number of amides is 1. The van der Waals surface area contributed by atoms with Crippen molar-refractivity contribution in [2.75, 3.05) is 11.9 Å². The molecule has 0 aromatic heterocycles. The van der Waals surface area contributed by atoms with E-state index in [2.05, 4.69) is 41.8 Å². The van der Waals surface area contributed by atoms with E-state index in [4.69, 9.17) is 4.74 Å². The fourth-order valence-electron chi connectivity index (χ4n) is 2.00. The number of anilines is 1. The Kier molecular flexibility index (Phi) is 7.02. The predicted molar refractivity (Wildman–Crippen MR) is 108 cm³/mol. The zero-order chi connectivity index (χ0) is 18.2. The molecule has 1 amide bonds. The summed E-state index contributed by atoms with van der Waals surface area (Å²) in [6, 6.07) is 16.7. The molecule has 128 valence electrons. The van der Waals surface area contributed by atoms with E-state index in [1.54, 1.807) is 12.1 Å². The Morgan fingerprint density at radius 3 is 2.60 bits per heavy atom. The van der Waals surface area contributed by atoms with Crippen molar-refractivity contribution in [3.8, 4) is 11.8 Å². The molecule has 0 heterocycles. The molecule has 25 heavy (non-hydrogen) atoms. The van der Waals surface area contributed by atoms with Gasteiger partial charge < -0.3 is 10.1 Å². The lowest BCUT2D eigenvalue weighted by molar-refractivity contribution is -0.112. The summed E-state index contributed by atoms with van der Waals surface area (Å²) in [4.78, 5) is 12.3. The van der Waals surface area contributed by atoms with Crippen molar-refractivity contribution < 1.29 is 9.53 Å². The molecular formula is C20H19IN2O2. The number of rotatable bonds is 6. The molecule has 0 aliphatic carbocycles. The van der Waals surface area contributed by atoms with Crippen LogP contribution in [-0.4, -0.2) is 12.5 Å². The molecule has 0 radical (unpaired) electrons. The van der Waals surface area contributed by atoms with Gasteiger partial charge in [-0.2, -0.15) is 5.26 Å². The number of nitrogens with one attached hydrogen (secondary N) is 1. The molecule has 2 rings (SSSR count). The van der Waals surface area contributed by atoms with Gasteiger partial charge in [-0.25, -0.2) is 0 Å². The number of hydrogen-bond acceptors (Lipinski definition) is 3. The van der Waals surface area contributed by atoms with Crippen LogP contribution in [0, 0.1) is 20.8 Å². The van der Waals surface area contributed by atoms with Crippen LogP contribution in [0.3, 0.4) is 0 Å². The quantitative estimate of drug-likeness (QED) is 0.391. The van der Waals surface area contributed by atoms with Crippen LogP contribution in [0.15, 0.2) is 54.1 Å². The van der Waals surface area contributed by atoms with Gasteiger partial charge in [0.1, 0.15) is 17.4 Å². The van der Waals surface area contributed by atoms with Crippen molar-refractivity contribution in [2.24, 2.45) is 5.92 Å². The number of benzene rings is 2. The molecule has 0 saturated heterocycles. The van der Waals surface area contributed by atoms with E-state index in [-0.39, 0.29) is 5.57 Å². The van der Waals surface area contributed by atoms with E-state index in [1.165, 1.54) is 0 Å². The van der Waals surface area contributed by atoms with E-state index < -0.39 is 5.91 Å². The van der Waals surface area contributed by atoms with E-state index in [9.17, 15) is 10.1 Å². The van der Waals surface area contributed by atoms with Crippen LogP contribution in [0.5, 0.6) is 5.75 Å². The Labute approximate surface area is 161 Å². The van der Waals surface area contributed by atoms with Gasteiger partial charge in [0.15, 0.2) is 0 Å². The first-order chi connectivity index (χ1) is 12.0. The van der Waals surface area contributed by atoms with Crippen LogP contribution in [-0.2, 0) is 4.79 Å². The number of carbonyl (C=O) groups is 1. The van der Waals surface area contributed by atoms with Gasteiger partial charge in [-0.15, -0.1) is 0 Å². The first-order valence-corrected chi connectivity index (χ1v) is 8.97. The summed E-state index contributed by atoms with van der Waals surface area (Å²) in [5.74, 6) is 0.798. The Morgan fingerprint density at radius 1 is 1.28 bits per heavy atom. The summed E-state index contributed by atoms with van der Waals surface area (Å²) in [5.41, 5.74) is 1.48. The van der Waals surface area contributed by atoms with Crippen molar-refractivity contribution in [1.82, 2.24) is 0 Å². The number of ether oxygens (including phenoxy) is 1. The van der Waals surface area contributed by atoms with Crippen molar-refractivity contribution in [3.63, 3.8) is 0 Å². The van der Waals surface area contributed by atoms with E-state index in [1.807, 2.05) is 48.5 Å². The summed E-state index contributed by atoms with van der Waals surface area (Å²) in [5, 5.41) is 12.0. The largest absolute Gasteiger partial charge is 0.493 e. The van der Waals surface area contributed by atoms with Gasteiger partial charge >= 0.3 is 0 Å². The SMILES string of the molecule is CC(C)COc1ccc(/C=C(\C#N)C(=O)Nc2cccc(I)c2)cc1. The smallest absolute Gasteiger partial charge is 0.266 e. The second-order valence-corrected chi connectivity index (χ2v) is 7.15. The second kappa shape index (κ2) is 9.23. The van der Waals surface area contributed by atoms with Crippen LogP contribution < -0.4 is 10.1 Å². The highest BCUT2D eigenvalue weighted by Crippen LogP contribution is 2.17. The topological polar surface area (TPSA) is 62.1 Å². The molecule has 0 aliphatic heterocycles. The van der Waals surface area contributed by atoms with Crippen molar-refractivity contribution in [1.29, 1.82) is 5.26 Å². The molecule has 0 atom stereocenters. The third kappa shape index (κ3) is 6.24. The van der Waals surface area contributed by atoms with Crippen LogP contribution in [0.4, 0.5) is 5.69 Å². The third-order valence-electron chi connectivity index (χ3n) is 3.22. The van der Waals surface area contributed by atoms with Crippen molar-refractivity contribution >= 4 is 40.3 Å². The highest BCUT2D eigenvalue weighted by atomic mass is 127. The van der Waals surface area contributed by atoms with Gasteiger partial charge in [-0.05, 0) is 70.5 Å². The first kappa shape index (κ1) is 19.0. The molecule has 4 nitrogen and oxygen atoms in total. The summed E-state index contributed by atoms with van der Waals surface area (Å²) in [6.07, 6.45) is 1.56. The highest BCUT2D eigenvalue weighted by Gasteiger charge is 2.09. The summed E-state index contributed by atoms with van der Waals surface area (Å²) >= 11 is 2.17. The number of nitriles is 1. The van der Waals surface area contributed by atoms with Crippen LogP contribution in [0.2, 0.25) is 0 Å². The molecule has 0 spiro atoms. The summed E-state index contributed by atoms with van der Waals surface area (Å²) in [7, 11) is 0. The Morgan fingerprint density at radius 2 is 2.00 bits per heavy atom. The zero-order valence-corrected chi connectivity index (χ0v) is 16.3. The number of hydrogen-bond donors (Lipinski definition) is 1. The average Bonchev–Trinajstić information content (AvgIpc) is 2.58. The standard InChI is InChI=1S/C20H19IN2O2/c1-14(2)13-25-19-8-6-15(7-9-19)10-16(12-22)20(24)23-18-5-3-4-17(21)11-18/h3-11,14H,13H2,1-2H3,(H,23,24)/b16-10+. The zero-order valence-electron chi connectivity index (χ0n) is 14.1. The molecular weight excluding hydrogens is 427 g/mol. The van der Waals surface area contributed by atoms with E-state index in [0.717, 1.165) is 14.9 Å². The molecule has 5 heteroatoms. The van der Waals surface area contributed by atoms with Gasteiger partial charge in [-0.1, -0.05) is 32.0 Å². The minimum atomic E-state index is -0.426. The lowest BCUT2D eigenvalue weighted by atomic mass is 10.1. The maximum atomic E-state index is 12.3. The van der Waals surface area contributed by atoms with Gasteiger partial charge in [-0.3, -0.25) is 4.79 Å². The van der Waals surface area contributed by atoms with Gasteiger partial charge in [0.2, 0.25) is 0 Å². The first-order valence-electron chi connectivity index (χ1n) is 7.89. The Hall–Kier alpha value is -2.33. The molecule has 2 aromatic rings. The number of nitrogens with zero attached hydrogens (tertiary/aromatic N) is 1. The monoisotopic (exact) mass is 446 g/mol. The lowest BCUT2D eigenvalue weighted by Crippen LogP contribution is -2.13. The van der Waals surface area contributed by atoms with Gasteiger partial charge in [0, 0.05) is 9.26 Å². The number of carbonyl (C=O) groups excluding carboxylic acids is 1. The Bertz CT molecular complexity index is 805. The molecule has 2 aromatic carbocycles. The minimum Gasteiger partial charge on any atom is -0.493 e. The maximum Gasteiger partial charge on any atom is 0.266 e. The van der Waals surface area contributed by atoms with Gasteiger partial charge in [0.05, 0.1) is 6.61 Å². The molecule has 0 aliphatic rings. The molecule has 0 saturated carbocycles. The molecule has 0 fully saturated rings.